The van der Waals surface area contributed by atoms with Crippen LogP contribution in [0.4, 0.5) is 22.7 Å². The summed E-state index contributed by atoms with van der Waals surface area (Å²) in [7, 11) is 0. The van der Waals surface area contributed by atoms with Gasteiger partial charge in [-0.15, -0.1) is 0 Å². The summed E-state index contributed by atoms with van der Waals surface area (Å²) >= 11 is 0. The van der Waals surface area contributed by atoms with Gasteiger partial charge in [-0.05, 0) is 98.5 Å². The number of hydrogen-bond acceptors (Lipinski definition) is 2. The van der Waals surface area contributed by atoms with Crippen LogP contribution >= 0.6 is 0 Å². The summed E-state index contributed by atoms with van der Waals surface area (Å²) in [6, 6.07) is 21.3. The zero-order valence-corrected chi connectivity index (χ0v) is 14.8. The van der Waals surface area contributed by atoms with E-state index >= 15 is 0 Å². The van der Waals surface area contributed by atoms with Crippen molar-refractivity contribution < 1.29 is 0 Å². The van der Waals surface area contributed by atoms with Gasteiger partial charge in [0, 0.05) is 22.7 Å². The first-order valence-corrected chi connectivity index (χ1v) is 8.30. The molecule has 0 fully saturated rings. The van der Waals surface area contributed by atoms with E-state index in [1.807, 2.05) is 0 Å². The molecule has 122 valence electrons. The maximum Gasteiger partial charge on any atom is 0.0387 e. The predicted molar refractivity (Wildman–Crippen MR) is 105 cm³/mol. The molecular weight excluding hydrogens is 292 g/mol. The molecule has 0 bridgehead atoms. The van der Waals surface area contributed by atoms with Crippen LogP contribution < -0.4 is 10.6 Å². The average molecular weight is 316 g/mol. The third-order valence-electron chi connectivity index (χ3n) is 4.48. The van der Waals surface area contributed by atoms with Gasteiger partial charge >= 0.3 is 0 Å². The molecule has 2 heteroatoms. The highest BCUT2D eigenvalue weighted by Crippen LogP contribution is 2.23. The first kappa shape index (κ1) is 16.1. The molecule has 0 radical (unpaired) electrons. The fraction of sp³-hybridized carbons (Fsp3) is 0.182. The molecule has 0 saturated heterocycles. The molecule has 0 saturated carbocycles. The molecule has 0 aliphatic heterocycles. The molecular formula is C22H24N2. The van der Waals surface area contributed by atoms with Crippen molar-refractivity contribution in [3.8, 4) is 0 Å². The number of anilines is 4. The Morgan fingerprint density at radius 1 is 0.417 bits per heavy atom. The Morgan fingerprint density at radius 2 is 0.750 bits per heavy atom. The van der Waals surface area contributed by atoms with Gasteiger partial charge < -0.3 is 10.6 Å². The summed E-state index contributed by atoms with van der Waals surface area (Å²) in [6.07, 6.45) is 0. The van der Waals surface area contributed by atoms with Gasteiger partial charge in [0.2, 0.25) is 0 Å². The molecule has 0 amide bonds. The number of benzene rings is 3. The van der Waals surface area contributed by atoms with Gasteiger partial charge in [-0.2, -0.15) is 0 Å². The van der Waals surface area contributed by atoms with Crippen LogP contribution in [-0.2, 0) is 0 Å². The summed E-state index contributed by atoms with van der Waals surface area (Å²) < 4.78 is 0. The third kappa shape index (κ3) is 3.77. The lowest BCUT2D eigenvalue weighted by molar-refractivity contribution is 1.33. The summed E-state index contributed by atoms with van der Waals surface area (Å²) in [5.41, 5.74) is 9.64. The maximum atomic E-state index is 3.45. The van der Waals surface area contributed by atoms with E-state index in [0.717, 1.165) is 22.7 Å². The van der Waals surface area contributed by atoms with E-state index in [0.29, 0.717) is 0 Å². The minimum atomic E-state index is 1.09. The van der Waals surface area contributed by atoms with Gasteiger partial charge in [0.05, 0.1) is 0 Å². The molecule has 0 unspecified atom stereocenters. The predicted octanol–water partition coefficient (Wildman–Crippen LogP) is 6.41. The van der Waals surface area contributed by atoms with E-state index in [1.54, 1.807) is 0 Å². The lowest BCUT2D eigenvalue weighted by Crippen LogP contribution is -1.94. The van der Waals surface area contributed by atoms with Crippen molar-refractivity contribution in [3.05, 3.63) is 82.9 Å². The molecule has 3 rings (SSSR count). The molecule has 0 atom stereocenters. The van der Waals surface area contributed by atoms with Gasteiger partial charge in [-0.1, -0.05) is 12.1 Å². The van der Waals surface area contributed by atoms with Crippen LogP contribution in [0.25, 0.3) is 0 Å². The van der Waals surface area contributed by atoms with Crippen molar-refractivity contribution in [1.82, 2.24) is 0 Å². The number of hydrogen-bond donors (Lipinski definition) is 2. The van der Waals surface area contributed by atoms with Gasteiger partial charge in [0.15, 0.2) is 0 Å². The zero-order chi connectivity index (χ0) is 17.1. The molecule has 2 nitrogen and oxygen atoms in total. The van der Waals surface area contributed by atoms with Crippen LogP contribution in [0.1, 0.15) is 22.3 Å². The van der Waals surface area contributed by atoms with Crippen LogP contribution in [0.15, 0.2) is 60.7 Å². The van der Waals surface area contributed by atoms with Crippen LogP contribution in [0.2, 0.25) is 0 Å². The Labute approximate surface area is 144 Å². The quantitative estimate of drug-likeness (QED) is 0.581. The summed E-state index contributed by atoms with van der Waals surface area (Å²) in [5, 5.41) is 6.90. The molecule has 0 spiro atoms. The van der Waals surface area contributed by atoms with Crippen LogP contribution in [0.3, 0.4) is 0 Å². The molecule has 0 aliphatic carbocycles. The lowest BCUT2D eigenvalue weighted by Gasteiger charge is -2.11. The van der Waals surface area contributed by atoms with Crippen molar-refractivity contribution in [2.24, 2.45) is 0 Å². The summed E-state index contributed by atoms with van der Waals surface area (Å²) in [6.45, 7) is 8.53. The minimum absolute atomic E-state index is 1.09. The fourth-order valence-corrected chi connectivity index (χ4v) is 2.61. The first-order valence-electron chi connectivity index (χ1n) is 8.30. The second-order valence-electron chi connectivity index (χ2n) is 6.43. The number of rotatable bonds is 4. The number of nitrogens with one attached hydrogen (secondary N) is 2. The van der Waals surface area contributed by atoms with Crippen molar-refractivity contribution in [2.45, 2.75) is 27.7 Å². The topological polar surface area (TPSA) is 24.1 Å². The summed E-state index contributed by atoms with van der Waals surface area (Å²) in [4.78, 5) is 0. The highest BCUT2D eigenvalue weighted by Gasteiger charge is 2.00. The molecule has 24 heavy (non-hydrogen) atoms. The van der Waals surface area contributed by atoms with E-state index in [4.69, 9.17) is 0 Å². The van der Waals surface area contributed by atoms with Gasteiger partial charge in [0.1, 0.15) is 0 Å². The number of aryl methyl sites for hydroxylation is 4. The minimum Gasteiger partial charge on any atom is -0.356 e. The molecule has 0 aliphatic rings. The van der Waals surface area contributed by atoms with Crippen molar-refractivity contribution in [2.75, 3.05) is 10.6 Å². The Bertz CT molecular complexity index is 776. The van der Waals surface area contributed by atoms with E-state index in [9.17, 15) is 0 Å². The van der Waals surface area contributed by atoms with Crippen molar-refractivity contribution in [3.63, 3.8) is 0 Å². The molecule has 2 N–H and O–H groups in total. The molecule has 3 aromatic carbocycles. The standard InChI is InChI=1S/C22H24N2/c1-15-5-7-21(13-17(15)3)23-19-9-11-20(12-10-19)24-22-8-6-16(2)18(4)14-22/h5-14,23-24H,1-4H3. The Morgan fingerprint density at radius 3 is 1.08 bits per heavy atom. The summed E-state index contributed by atoms with van der Waals surface area (Å²) in [5.74, 6) is 0. The van der Waals surface area contributed by atoms with E-state index in [-0.39, 0.29) is 0 Å². The van der Waals surface area contributed by atoms with Gasteiger partial charge in [0.25, 0.3) is 0 Å². The highest BCUT2D eigenvalue weighted by molar-refractivity contribution is 5.66. The molecule has 0 heterocycles. The Balaban J connectivity index is 1.70. The Hall–Kier alpha value is -2.74. The zero-order valence-electron chi connectivity index (χ0n) is 14.8. The smallest absolute Gasteiger partial charge is 0.0387 e. The largest absolute Gasteiger partial charge is 0.356 e. The second kappa shape index (κ2) is 6.79. The molecule has 3 aromatic rings. The van der Waals surface area contributed by atoms with Crippen molar-refractivity contribution >= 4 is 22.7 Å². The maximum absolute atomic E-state index is 3.45. The van der Waals surface area contributed by atoms with Gasteiger partial charge in [-0.25, -0.2) is 0 Å². The van der Waals surface area contributed by atoms with Crippen LogP contribution in [0.5, 0.6) is 0 Å². The fourth-order valence-electron chi connectivity index (χ4n) is 2.61. The van der Waals surface area contributed by atoms with Crippen LogP contribution in [0, 0.1) is 27.7 Å². The monoisotopic (exact) mass is 316 g/mol. The van der Waals surface area contributed by atoms with E-state index in [2.05, 4.69) is 99.0 Å². The SMILES string of the molecule is Cc1ccc(Nc2ccc(Nc3ccc(C)c(C)c3)cc2)cc1C. The molecule has 0 aromatic heterocycles. The van der Waals surface area contributed by atoms with E-state index < -0.39 is 0 Å². The lowest BCUT2D eigenvalue weighted by atomic mass is 10.1. The second-order valence-corrected chi connectivity index (χ2v) is 6.43. The Kier molecular flexibility index (Phi) is 4.57. The average Bonchev–Trinajstić information content (AvgIpc) is 2.56. The van der Waals surface area contributed by atoms with Gasteiger partial charge in [-0.3, -0.25) is 0 Å². The van der Waals surface area contributed by atoms with E-state index in [1.165, 1.54) is 22.3 Å². The normalized spacial score (nSPS) is 10.5. The van der Waals surface area contributed by atoms with Crippen LogP contribution in [-0.4, -0.2) is 0 Å². The third-order valence-corrected chi connectivity index (χ3v) is 4.48. The first-order chi connectivity index (χ1) is 11.5. The van der Waals surface area contributed by atoms with Crippen molar-refractivity contribution in [1.29, 1.82) is 0 Å². The highest BCUT2D eigenvalue weighted by atomic mass is 14.9.